The summed E-state index contributed by atoms with van der Waals surface area (Å²) in [6.45, 7) is 6.75. The Kier molecular flexibility index (Phi) is 36.3. The van der Waals surface area contributed by atoms with E-state index in [1.165, 1.54) is 116 Å². The second-order valence-electron chi connectivity index (χ2n) is 9.04. The molecule has 0 atom stereocenters. The number of hydrogen-bond donors (Lipinski definition) is 0. The van der Waals surface area contributed by atoms with Crippen LogP contribution >= 0.6 is 0 Å². The Labute approximate surface area is 213 Å². The Morgan fingerprint density at radius 1 is 0.469 bits per heavy atom. The number of rotatable bonds is 23. The van der Waals surface area contributed by atoms with Crippen molar-refractivity contribution in [2.75, 3.05) is 5.75 Å². The molecule has 0 bridgehead atoms. The summed E-state index contributed by atoms with van der Waals surface area (Å²) in [5, 5.41) is 0. The number of halogens is 1. The van der Waals surface area contributed by atoms with Crippen molar-refractivity contribution in [3.63, 3.8) is 0 Å². The summed E-state index contributed by atoms with van der Waals surface area (Å²) in [6.07, 6.45) is 28.8. The third-order valence-corrected chi connectivity index (χ3v) is 6.78. The van der Waals surface area contributed by atoms with Crippen LogP contribution < -0.4 is 0 Å². The van der Waals surface area contributed by atoms with E-state index in [4.69, 9.17) is 0 Å². The molecule has 0 fully saturated rings. The van der Waals surface area contributed by atoms with Gasteiger partial charge in [-0.25, -0.2) is 0 Å². The molecule has 0 aliphatic rings. The van der Waals surface area contributed by atoms with E-state index >= 15 is 0 Å². The zero-order chi connectivity index (χ0) is 23.5. The van der Waals surface area contributed by atoms with Crippen LogP contribution in [-0.4, -0.2) is 33.0 Å². The van der Waals surface area contributed by atoms with E-state index in [0.29, 0.717) is 6.42 Å². The first kappa shape index (κ1) is 37.0. The molecule has 0 aromatic carbocycles. The molecule has 0 aromatic heterocycles. The summed E-state index contributed by atoms with van der Waals surface area (Å²) >= 11 is 0. The monoisotopic (exact) mass is 474 g/mol. The van der Waals surface area contributed by atoms with Crippen LogP contribution in [0.15, 0.2) is 0 Å². The minimum atomic E-state index is -3.89. The van der Waals surface area contributed by atoms with Gasteiger partial charge in [-0.3, -0.25) is 0 Å². The molecular weight excluding hydrogens is 418 g/mol. The molecule has 0 unspecified atom stereocenters. The van der Waals surface area contributed by atoms with E-state index in [1.807, 2.05) is 0 Å². The van der Waals surface area contributed by atoms with Gasteiger partial charge in [0.15, 0.2) is 0 Å². The van der Waals surface area contributed by atoms with Crippen LogP contribution in [0, 0.1) is 0 Å². The fourth-order valence-electron chi connectivity index (χ4n) is 3.71. The molecule has 0 aliphatic heterocycles. The summed E-state index contributed by atoms with van der Waals surface area (Å²) in [5.74, 6) is -0.210. The molecule has 32 heavy (non-hydrogen) atoms. The summed E-state index contributed by atoms with van der Waals surface area (Å²) in [5.41, 5.74) is 0. The first-order valence-corrected chi connectivity index (χ1v) is 15.1. The van der Waals surface area contributed by atoms with Crippen LogP contribution in [0.4, 0.5) is 4.53 Å². The van der Waals surface area contributed by atoms with Crippen LogP contribution in [0.3, 0.4) is 0 Å². The van der Waals surface area contributed by atoms with Crippen LogP contribution in [0.1, 0.15) is 162 Å². The molecule has 0 rings (SSSR count). The number of hydrogen-bond acceptors (Lipinski definition) is 3. The molecule has 6 heteroatoms. The van der Waals surface area contributed by atoms with Crippen molar-refractivity contribution in [2.45, 2.75) is 162 Å². The fraction of sp³-hybridized carbons (Fsp3) is 1.00. The predicted molar refractivity (Wildman–Crippen MR) is 142 cm³/mol. The first-order chi connectivity index (χ1) is 15.0. The van der Waals surface area contributed by atoms with Gasteiger partial charge in [0.25, 0.3) is 10.1 Å². The van der Waals surface area contributed by atoms with E-state index in [1.54, 1.807) is 0 Å². The summed E-state index contributed by atoms with van der Waals surface area (Å²) in [4.78, 5) is 0. The molecule has 0 N–H and O–H groups in total. The molecule has 0 amide bonds. The van der Waals surface area contributed by atoms with E-state index in [9.17, 15) is 12.9 Å². The van der Waals surface area contributed by atoms with Crippen molar-refractivity contribution in [1.82, 2.24) is 0 Å². The van der Waals surface area contributed by atoms with Crippen LogP contribution in [-0.2, 0) is 14.5 Å². The molecule has 0 heterocycles. The second-order valence-corrected chi connectivity index (χ2v) is 10.7. The van der Waals surface area contributed by atoms with Crippen LogP contribution in [0.5, 0.6) is 0 Å². The Hall–Kier alpha value is 0.437. The molecule has 3 nitrogen and oxygen atoms in total. The van der Waals surface area contributed by atoms with Crippen LogP contribution in [0.2, 0.25) is 0 Å². The maximum atomic E-state index is 11.4. The van der Waals surface area contributed by atoms with Gasteiger partial charge < -0.3 is 0 Å². The Balaban J connectivity index is -0.000000511. The van der Waals surface area contributed by atoms with E-state index < -0.39 is 10.1 Å². The Morgan fingerprint density at radius 2 is 0.688 bits per heavy atom. The summed E-state index contributed by atoms with van der Waals surface area (Å²) < 4.78 is 35.4. The van der Waals surface area contributed by atoms with Crippen molar-refractivity contribution in [3.8, 4) is 0 Å². The third kappa shape index (κ3) is 35.0. The third-order valence-electron chi connectivity index (χ3n) is 5.80. The summed E-state index contributed by atoms with van der Waals surface area (Å²) in [6, 6.07) is 0. The van der Waals surface area contributed by atoms with Gasteiger partial charge in [0.1, 0.15) is 0 Å². The molecule has 0 saturated heterocycles. The minimum absolute atomic E-state index is 0. The molecule has 192 valence electrons. The zero-order valence-corrected chi connectivity index (χ0v) is 22.1. The average Bonchev–Trinajstić information content (AvgIpc) is 2.77. The normalized spacial score (nSPS) is 11.0. The molecule has 0 aliphatic carbocycles. The molecule has 0 saturated carbocycles. The van der Waals surface area contributed by atoms with Crippen LogP contribution in [0.25, 0.3) is 0 Å². The molecular formula is C26H56FLiO3S. The maximum absolute atomic E-state index is 11.4. The van der Waals surface area contributed by atoms with Gasteiger partial charge in [-0.15, -0.1) is 0 Å². The fourth-order valence-corrected chi connectivity index (χ4v) is 4.33. The summed E-state index contributed by atoms with van der Waals surface area (Å²) in [7, 11) is -3.89. The van der Waals surface area contributed by atoms with Gasteiger partial charge in [-0.2, -0.15) is 8.42 Å². The van der Waals surface area contributed by atoms with E-state index in [-0.39, 0.29) is 24.6 Å². The molecule has 0 aromatic rings. The molecule has 0 spiro atoms. The molecule has 0 radical (unpaired) electrons. The zero-order valence-electron chi connectivity index (χ0n) is 21.3. The quantitative estimate of drug-likeness (QED) is 0.109. The first-order valence-electron chi connectivity index (χ1n) is 13.6. The van der Waals surface area contributed by atoms with Crippen molar-refractivity contribution < 1.29 is 17.3 Å². The second kappa shape index (κ2) is 31.4. The van der Waals surface area contributed by atoms with E-state index in [0.717, 1.165) is 19.3 Å². The number of unbranched alkanes of at least 4 members (excludes halogenated alkanes) is 20. The SMILES string of the molecule is CCCCCCCCCCCCCCCC.CCCCCCCCCCS(=O)(=O)OF.[LiH]. The predicted octanol–water partition coefficient (Wildman–Crippen LogP) is 9.20. The van der Waals surface area contributed by atoms with Crippen molar-refractivity contribution in [3.05, 3.63) is 0 Å². The van der Waals surface area contributed by atoms with Crippen molar-refractivity contribution >= 4 is 29.0 Å². The Bertz CT molecular complexity index is 405. The van der Waals surface area contributed by atoms with E-state index in [2.05, 4.69) is 25.2 Å². The van der Waals surface area contributed by atoms with Gasteiger partial charge in [-0.1, -0.05) is 160 Å². The van der Waals surface area contributed by atoms with Gasteiger partial charge in [0.05, 0.1) is 5.75 Å². The standard InChI is InChI=1S/C16H34.C10H21FO3S.Li.H/c1-3-5-7-9-11-13-15-16-14-12-10-8-6-4-2;1-2-3-4-5-6-7-8-9-10-15(12,13)14-11;;/h3-16H2,1-2H3;2-10H2,1H3;;. The van der Waals surface area contributed by atoms with Crippen molar-refractivity contribution in [2.24, 2.45) is 0 Å². The van der Waals surface area contributed by atoms with Crippen molar-refractivity contribution in [1.29, 1.82) is 0 Å². The van der Waals surface area contributed by atoms with Gasteiger partial charge in [0, 0.05) is 0 Å². The average molecular weight is 475 g/mol. The van der Waals surface area contributed by atoms with Gasteiger partial charge in [0.2, 0.25) is 0 Å². The van der Waals surface area contributed by atoms with Gasteiger partial charge >= 0.3 is 18.9 Å². The topological polar surface area (TPSA) is 43.4 Å². The Morgan fingerprint density at radius 3 is 0.906 bits per heavy atom. The van der Waals surface area contributed by atoms with Gasteiger partial charge in [-0.05, 0) is 10.9 Å².